The van der Waals surface area contributed by atoms with E-state index in [0.29, 0.717) is 28.9 Å². The van der Waals surface area contributed by atoms with Gasteiger partial charge < -0.3 is 4.90 Å². The van der Waals surface area contributed by atoms with E-state index in [0.717, 1.165) is 11.1 Å². The van der Waals surface area contributed by atoms with E-state index in [-0.39, 0.29) is 18.2 Å². The summed E-state index contributed by atoms with van der Waals surface area (Å²) in [5.74, 6) is -0.120. The Hall–Kier alpha value is -2.70. The zero-order chi connectivity index (χ0) is 21.3. The highest BCUT2D eigenvalue weighted by atomic mass is 32.2. The van der Waals surface area contributed by atoms with Gasteiger partial charge in [0.05, 0.1) is 4.91 Å². The SMILES string of the molecule is CCN(Cc1ccccc1)C(=O)CCN1C(=O)C(=CC=Cc2ccccc2)SC1=S. The summed E-state index contributed by atoms with van der Waals surface area (Å²) in [4.78, 5) is 29.3. The molecule has 1 fully saturated rings. The molecule has 1 heterocycles. The fourth-order valence-electron chi connectivity index (χ4n) is 3.06. The second-order valence-corrected chi connectivity index (χ2v) is 8.44. The summed E-state index contributed by atoms with van der Waals surface area (Å²) in [6.45, 7) is 3.45. The predicted octanol–water partition coefficient (Wildman–Crippen LogP) is 4.88. The quantitative estimate of drug-likeness (QED) is 0.437. The molecule has 0 spiro atoms. The van der Waals surface area contributed by atoms with Gasteiger partial charge in [0.25, 0.3) is 5.91 Å². The lowest BCUT2D eigenvalue weighted by Gasteiger charge is -2.22. The van der Waals surface area contributed by atoms with Crippen molar-refractivity contribution in [2.75, 3.05) is 13.1 Å². The molecule has 0 aromatic heterocycles. The number of amides is 2. The summed E-state index contributed by atoms with van der Waals surface area (Å²) in [6.07, 6.45) is 5.83. The second kappa shape index (κ2) is 10.9. The van der Waals surface area contributed by atoms with E-state index in [4.69, 9.17) is 12.2 Å². The van der Waals surface area contributed by atoms with Gasteiger partial charge in [-0.05, 0) is 24.1 Å². The number of carbonyl (C=O) groups is 2. The fourth-order valence-corrected chi connectivity index (χ4v) is 4.32. The lowest BCUT2D eigenvalue weighted by atomic mass is 10.2. The summed E-state index contributed by atoms with van der Waals surface area (Å²) >= 11 is 6.65. The number of rotatable bonds is 8. The number of allylic oxidation sites excluding steroid dienone is 2. The molecule has 2 amide bonds. The van der Waals surface area contributed by atoms with E-state index < -0.39 is 0 Å². The fraction of sp³-hybridized carbons (Fsp3) is 0.208. The van der Waals surface area contributed by atoms with Gasteiger partial charge in [0, 0.05) is 26.1 Å². The monoisotopic (exact) mass is 436 g/mol. The van der Waals surface area contributed by atoms with Gasteiger partial charge in [-0.2, -0.15) is 0 Å². The van der Waals surface area contributed by atoms with Crippen molar-refractivity contribution in [2.45, 2.75) is 19.9 Å². The molecule has 0 atom stereocenters. The van der Waals surface area contributed by atoms with Crippen LogP contribution in [0.25, 0.3) is 6.08 Å². The van der Waals surface area contributed by atoms with Crippen molar-refractivity contribution in [2.24, 2.45) is 0 Å². The molecule has 2 aromatic carbocycles. The average Bonchev–Trinajstić information content (AvgIpc) is 3.04. The molecule has 0 saturated carbocycles. The molecule has 30 heavy (non-hydrogen) atoms. The van der Waals surface area contributed by atoms with Crippen molar-refractivity contribution in [3.8, 4) is 0 Å². The van der Waals surface area contributed by atoms with Crippen molar-refractivity contribution >= 4 is 46.2 Å². The van der Waals surface area contributed by atoms with Crippen LogP contribution in [0.4, 0.5) is 0 Å². The van der Waals surface area contributed by atoms with Gasteiger partial charge in [0.1, 0.15) is 4.32 Å². The molecule has 1 aliphatic rings. The Morgan fingerprint density at radius 2 is 1.77 bits per heavy atom. The highest BCUT2D eigenvalue weighted by Gasteiger charge is 2.32. The molecule has 4 nitrogen and oxygen atoms in total. The minimum Gasteiger partial charge on any atom is -0.339 e. The summed E-state index contributed by atoms with van der Waals surface area (Å²) in [6, 6.07) is 19.8. The van der Waals surface area contributed by atoms with Crippen LogP contribution < -0.4 is 0 Å². The first kappa shape index (κ1) is 22.0. The van der Waals surface area contributed by atoms with Gasteiger partial charge in [-0.1, -0.05) is 96.8 Å². The molecule has 6 heteroatoms. The van der Waals surface area contributed by atoms with Crippen molar-refractivity contribution in [3.63, 3.8) is 0 Å². The highest BCUT2D eigenvalue weighted by Crippen LogP contribution is 2.31. The Morgan fingerprint density at radius 3 is 2.43 bits per heavy atom. The van der Waals surface area contributed by atoms with Gasteiger partial charge in [-0.3, -0.25) is 14.5 Å². The Bertz CT molecular complexity index is 956. The normalized spacial score (nSPS) is 15.4. The number of carbonyl (C=O) groups excluding carboxylic acids is 2. The maximum Gasteiger partial charge on any atom is 0.266 e. The molecule has 0 N–H and O–H groups in total. The van der Waals surface area contributed by atoms with Crippen LogP contribution in [0.3, 0.4) is 0 Å². The van der Waals surface area contributed by atoms with E-state index in [2.05, 4.69) is 0 Å². The minimum atomic E-state index is -0.137. The first-order valence-electron chi connectivity index (χ1n) is 9.87. The lowest BCUT2D eigenvalue weighted by Crippen LogP contribution is -2.35. The third kappa shape index (κ3) is 5.90. The van der Waals surface area contributed by atoms with E-state index in [9.17, 15) is 9.59 Å². The molecule has 2 aromatic rings. The molecule has 0 unspecified atom stereocenters. The molecule has 1 aliphatic heterocycles. The first-order valence-corrected chi connectivity index (χ1v) is 11.1. The van der Waals surface area contributed by atoms with Crippen molar-refractivity contribution < 1.29 is 9.59 Å². The van der Waals surface area contributed by atoms with Crippen LogP contribution in [-0.4, -0.2) is 39.0 Å². The van der Waals surface area contributed by atoms with Gasteiger partial charge in [0.2, 0.25) is 5.91 Å². The third-order valence-electron chi connectivity index (χ3n) is 4.71. The number of hydrogen-bond acceptors (Lipinski definition) is 4. The summed E-state index contributed by atoms with van der Waals surface area (Å²) in [7, 11) is 0. The van der Waals surface area contributed by atoms with Gasteiger partial charge in [0.15, 0.2) is 0 Å². The van der Waals surface area contributed by atoms with E-state index in [1.807, 2.05) is 79.7 Å². The Kier molecular flexibility index (Phi) is 7.99. The smallest absolute Gasteiger partial charge is 0.266 e. The maximum atomic E-state index is 12.7. The predicted molar refractivity (Wildman–Crippen MR) is 128 cm³/mol. The number of thiocarbonyl (C=S) groups is 1. The summed E-state index contributed by atoms with van der Waals surface area (Å²) in [5, 5.41) is 0. The molecular weight excluding hydrogens is 412 g/mol. The number of hydrogen-bond donors (Lipinski definition) is 0. The molecule has 0 aliphatic carbocycles. The molecule has 3 rings (SSSR count). The van der Waals surface area contributed by atoms with Gasteiger partial charge >= 0.3 is 0 Å². The van der Waals surface area contributed by atoms with Crippen LogP contribution in [0.2, 0.25) is 0 Å². The summed E-state index contributed by atoms with van der Waals surface area (Å²) in [5.41, 5.74) is 2.15. The summed E-state index contributed by atoms with van der Waals surface area (Å²) < 4.78 is 0.498. The van der Waals surface area contributed by atoms with E-state index >= 15 is 0 Å². The van der Waals surface area contributed by atoms with Crippen LogP contribution in [0.1, 0.15) is 24.5 Å². The number of nitrogens with zero attached hydrogens (tertiary/aromatic N) is 2. The van der Waals surface area contributed by atoms with Crippen LogP contribution in [0, 0.1) is 0 Å². The van der Waals surface area contributed by atoms with E-state index in [1.165, 1.54) is 16.7 Å². The molecular formula is C24H24N2O2S2. The topological polar surface area (TPSA) is 40.6 Å². The van der Waals surface area contributed by atoms with E-state index in [1.54, 1.807) is 11.0 Å². The highest BCUT2D eigenvalue weighted by molar-refractivity contribution is 8.26. The lowest BCUT2D eigenvalue weighted by molar-refractivity contribution is -0.132. The van der Waals surface area contributed by atoms with Crippen LogP contribution in [-0.2, 0) is 16.1 Å². The average molecular weight is 437 g/mol. The van der Waals surface area contributed by atoms with Crippen molar-refractivity contribution in [1.82, 2.24) is 9.80 Å². The van der Waals surface area contributed by atoms with Gasteiger partial charge in [-0.25, -0.2) is 0 Å². The number of benzene rings is 2. The standard InChI is InChI=1S/C24H24N2O2S2/c1-2-25(18-20-12-7-4-8-13-20)22(27)16-17-26-23(28)21(30-24(26)29)15-9-14-19-10-5-3-6-11-19/h3-15H,2,16-18H2,1H3. The molecule has 154 valence electrons. The van der Waals surface area contributed by atoms with Crippen LogP contribution in [0.15, 0.2) is 77.7 Å². The Balaban J connectivity index is 1.56. The van der Waals surface area contributed by atoms with Crippen LogP contribution >= 0.6 is 24.0 Å². The molecule has 1 saturated heterocycles. The Morgan fingerprint density at radius 1 is 1.10 bits per heavy atom. The molecule has 0 bridgehead atoms. The molecule has 0 radical (unpaired) electrons. The van der Waals surface area contributed by atoms with Crippen LogP contribution in [0.5, 0.6) is 0 Å². The third-order valence-corrected chi connectivity index (χ3v) is 6.11. The zero-order valence-electron chi connectivity index (χ0n) is 16.9. The largest absolute Gasteiger partial charge is 0.339 e. The first-order chi connectivity index (χ1) is 14.6. The van der Waals surface area contributed by atoms with Gasteiger partial charge in [-0.15, -0.1) is 0 Å². The maximum absolute atomic E-state index is 12.7. The second-order valence-electron chi connectivity index (χ2n) is 6.77. The van der Waals surface area contributed by atoms with Crippen molar-refractivity contribution in [3.05, 3.63) is 88.8 Å². The Labute approximate surface area is 187 Å². The van der Waals surface area contributed by atoms with Crippen molar-refractivity contribution in [1.29, 1.82) is 0 Å². The minimum absolute atomic E-state index is 0.0170. The number of thioether (sulfide) groups is 1. The zero-order valence-corrected chi connectivity index (χ0v) is 18.5.